The third-order valence-electron chi connectivity index (χ3n) is 24.0. The topological polar surface area (TPSA) is 26.3 Å². The van der Waals surface area contributed by atoms with Crippen LogP contribution in [0.5, 0.6) is 0 Å². The Bertz CT molecular complexity index is 2220. The van der Waals surface area contributed by atoms with Crippen LogP contribution >= 0.6 is 0 Å². The van der Waals surface area contributed by atoms with Crippen molar-refractivity contribution in [2.45, 2.75) is 56.8 Å². The number of carbonyl (C=O) groups excluding carboxylic acids is 1. The second-order valence-corrected chi connectivity index (χ2v) is 23.5. The van der Waals surface area contributed by atoms with E-state index in [0.717, 1.165) is 155 Å². The number of hydrogen-bond acceptors (Lipinski definition) is 2. The monoisotopic (exact) mass is 696 g/mol. The quantitative estimate of drug-likeness (QED) is 0.227. The lowest BCUT2D eigenvalue weighted by atomic mass is 9.43. The summed E-state index contributed by atoms with van der Waals surface area (Å²) in [6.07, 6.45) is 19.6. The van der Waals surface area contributed by atoms with Crippen molar-refractivity contribution in [1.82, 2.24) is 0 Å². The molecule has 0 heterocycles. The van der Waals surface area contributed by atoms with E-state index in [4.69, 9.17) is 4.74 Å². The molecule has 0 amide bonds. The Kier molecular flexibility index (Phi) is 4.02. The molecule has 17 aliphatic rings. The molecule has 0 bridgehead atoms. The van der Waals surface area contributed by atoms with E-state index < -0.39 is 0 Å². The van der Waals surface area contributed by atoms with Gasteiger partial charge in [-0.05, 0) is 204 Å². The van der Waals surface area contributed by atoms with Crippen molar-refractivity contribution in [2.24, 2.45) is 153 Å². The van der Waals surface area contributed by atoms with Gasteiger partial charge in [-0.2, -0.15) is 0 Å². The summed E-state index contributed by atoms with van der Waals surface area (Å²) in [5.41, 5.74) is 12.3. The Morgan fingerprint density at radius 2 is 1.43 bits per heavy atom. The Hall–Kier alpha value is -2.35. The lowest BCUT2D eigenvalue weighted by Crippen LogP contribution is -2.58. The fraction of sp³-hybridized carbons (Fsp3) is 0.706. The fourth-order valence-electron chi connectivity index (χ4n) is 25.1. The summed E-state index contributed by atoms with van der Waals surface area (Å²) in [7, 11) is 1.60. The predicted octanol–water partition coefficient (Wildman–Crippen LogP) is 8.92. The SMILES string of the molecule is COC(=O)CCCC1(c2ccccc2)C2C3=CC4CC5=CC6CC7CC8CC9CC%10=CC21C1C%10C2C9C9C8C7C7C6C6=C5C4C4C3C1C1C4C6C7C9C21. The molecule has 268 valence electrons. The van der Waals surface area contributed by atoms with Crippen LogP contribution in [0.1, 0.15) is 56.9 Å². The summed E-state index contributed by atoms with van der Waals surface area (Å²) in [5, 5.41) is 0. The van der Waals surface area contributed by atoms with Gasteiger partial charge in [0.1, 0.15) is 0 Å². The molecule has 27 atom stereocenters. The molecule has 0 aromatic heterocycles. The largest absolute Gasteiger partial charge is 0.469 e. The first-order chi connectivity index (χ1) is 26.2. The molecule has 1 aromatic carbocycles. The number of methoxy groups -OCH3 is 1. The number of ether oxygens (including phenoxy) is 1. The molecule has 27 unspecified atom stereocenters. The average Bonchev–Trinajstić information content (AvgIpc) is 3.86. The van der Waals surface area contributed by atoms with E-state index in [1.807, 2.05) is 16.7 Å². The molecule has 0 aliphatic heterocycles. The molecule has 13 saturated carbocycles. The number of esters is 1. The molecule has 0 N–H and O–H groups in total. The summed E-state index contributed by atoms with van der Waals surface area (Å²) in [6.45, 7) is 0. The van der Waals surface area contributed by atoms with Gasteiger partial charge in [-0.15, -0.1) is 0 Å². The molecule has 1 aromatic rings. The summed E-state index contributed by atoms with van der Waals surface area (Å²) in [6, 6.07) is 12.1. The van der Waals surface area contributed by atoms with Gasteiger partial charge in [0, 0.05) is 23.2 Å². The first-order valence-corrected chi connectivity index (χ1v) is 23.2. The summed E-state index contributed by atoms with van der Waals surface area (Å²) >= 11 is 0. The second kappa shape index (κ2) is 7.81. The van der Waals surface area contributed by atoms with E-state index in [1.165, 1.54) is 12.8 Å². The zero-order chi connectivity index (χ0) is 33.5. The molecular formula is C51H52O2. The van der Waals surface area contributed by atoms with Crippen molar-refractivity contribution in [3.63, 3.8) is 0 Å². The smallest absolute Gasteiger partial charge is 0.305 e. The zero-order valence-corrected chi connectivity index (χ0v) is 31.0. The highest BCUT2D eigenvalue weighted by Crippen LogP contribution is 2.96. The van der Waals surface area contributed by atoms with Crippen LogP contribution in [-0.2, 0) is 14.9 Å². The Morgan fingerprint density at radius 1 is 0.698 bits per heavy atom. The van der Waals surface area contributed by atoms with E-state index in [9.17, 15) is 4.79 Å². The highest BCUT2D eigenvalue weighted by Gasteiger charge is 2.92. The molecule has 53 heavy (non-hydrogen) atoms. The number of carbonyl (C=O) groups is 1. The normalized spacial score (nSPS) is 67.1. The standard InChI is InChI=1S/C51H52O2/c1-53-27(52)8-5-9-50(25-6-3-2-4-7-25)49-26-16-23-14-20-12-21-11-18-10-19-13-22-15-24-17-51(49,50)48-34(24)39-33(22)38-29(19)28(18)36-32(21)37-30(20)31(23)40-35(26)47(48)46-44(39)42(38)41(36)43(37)45(40)46/h2-4,6-7,12,16-19,21-23,28-29,31-36,38-49H,5,8-11,13-15H2,1H3. The van der Waals surface area contributed by atoms with E-state index in [1.54, 1.807) is 31.9 Å². The van der Waals surface area contributed by atoms with Crippen LogP contribution in [-0.4, -0.2) is 13.1 Å². The molecule has 18 rings (SSSR count). The predicted molar refractivity (Wildman–Crippen MR) is 198 cm³/mol. The lowest BCUT2D eigenvalue weighted by molar-refractivity contribution is -0.141. The molecule has 0 saturated heterocycles. The Balaban J connectivity index is 0.964. The maximum Gasteiger partial charge on any atom is 0.305 e. The summed E-state index contributed by atoms with van der Waals surface area (Å²) in [5.74, 6) is 24.4. The van der Waals surface area contributed by atoms with E-state index in [2.05, 4.69) is 59.7 Å². The van der Waals surface area contributed by atoms with Gasteiger partial charge in [0.05, 0.1) is 7.11 Å². The molecule has 13 fully saturated rings. The summed E-state index contributed by atoms with van der Waals surface area (Å²) < 4.78 is 5.30. The van der Waals surface area contributed by atoms with Crippen LogP contribution in [0.2, 0.25) is 0 Å². The lowest BCUT2D eigenvalue weighted by Gasteiger charge is -2.61. The third kappa shape index (κ3) is 2.27. The number of benzene rings is 1. The Labute approximate surface area is 313 Å². The maximum atomic E-state index is 12.8. The minimum atomic E-state index is -0.00911. The van der Waals surface area contributed by atoms with Crippen LogP contribution in [0.4, 0.5) is 0 Å². The highest BCUT2D eigenvalue weighted by molar-refractivity contribution is 5.69. The van der Waals surface area contributed by atoms with Crippen LogP contribution in [0.3, 0.4) is 0 Å². The first-order valence-electron chi connectivity index (χ1n) is 23.2. The van der Waals surface area contributed by atoms with Crippen molar-refractivity contribution >= 4 is 5.97 Å². The van der Waals surface area contributed by atoms with E-state index >= 15 is 0 Å². The minimum Gasteiger partial charge on any atom is -0.469 e. The van der Waals surface area contributed by atoms with Crippen LogP contribution in [0.15, 0.2) is 76.4 Å². The van der Waals surface area contributed by atoms with Crippen molar-refractivity contribution < 1.29 is 9.53 Å². The molecule has 2 heteroatoms. The zero-order valence-electron chi connectivity index (χ0n) is 31.0. The van der Waals surface area contributed by atoms with Gasteiger partial charge in [-0.3, -0.25) is 4.79 Å². The third-order valence-corrected chi connectivity index (χ3v) is 24.0. The van der Waals surface area contributed by atoms with Crippen LogP contribution < -0.4 is 0 Å². The van der Waals surface area contributed by atoms with E-state index in [0.29, 0.717) is 12.3 Å². The van der Waals surface area contributed by atoms with Gasteiger partial charge >= 0.3 is 5.97 Å². The number of hydrogen-bond donors (Lipinski definition) is 0. The molecular weight excluding hydrogens is 645 g/mol. The maximum absolute atomic E-state index is 12.8. The molecule has 0 radical (unpaired) electrons. The molecule has 2 nitrogen and oxygen atoms in total. The average molecular weight is 697 g/mol. The molecule has 17 aliphatic carbocycles. The number of rotatable bonds is 5. The van der Waals surface area contributed by atoms with Crippen molar-refractivity contribution in [2.75, 3.05) is 7.11 Å². The van der Waals surface area contributed by atoms with Gasteiger partial charge in [-0.1, -0.05) is 65.3 Å². The van der Waals surface area contributed by atoms with E-state index in [-0.39, 0.29) is 16.8 Å². The van der Waals surface area contributed by atoms with Crippen molar-refractivity contribution in [3.8, 4) is 0 Å². The molecule has 1 spiro atoms. The fourth-order valence-corrected chi connectivity index (χ4v) is 25.1. The Morgan fingerprint density at radius 3 is 2.32 bits per heavy atom. The highest BCUT2D eigenvalue weighted by atomic mass is 16.5. The first kappa shape index (κ1) is 27.3. The van der Waals surface area contributed by atoms with Gasteiger partial charge in [-0.25, -0.2) is 0 Å². The van der Waals surface area contributed by atoms with Gasteiger partial charge in [0.2, 0.25) is 0 Å². The van der Waals surface area contributed by atoms with Gasteiger partial charge in [0.25, 0.3) is 0 Å². The van der Waals surface area contributed by atoms with Crippen molar-refractivity contribution in [3.05, 3.63) is 82.0 Å². The van der Waals surface area contributed by atoms with Gasteiger partial charge < -0.3 is 4.74 Å². The second-order valence-electron chi connectivity index (χ2n) is 23.5. The van der Waals surface area contributed by atoms with Crippen molar-refractivity contribution in [1.29, 1.82) is 0 Å². The van der Waals surface area contributed by atoms with Crippen LogP contribution in [0, 0.1) is 153 Å². The van der Waals surface area contributed by atoms with Gasteiger partial charge in [0.15, 0.2) is 0 Å². The van der Waals surface area contributed by atoms with Crippen LogP contribution in [0.25, 0.3) is 0 Å². The number of allylic oxidation sites excluding steroid dienone is 8. The summed E-state index contributed by atoms with van der Waals surface area (Å²) in [4.78, 5) is 12.8. The number of fused-ring (bicyclic) bond motifs is 1. The minimum absolute atomic E-state index is 0.00911.